The molecule has 0 spiro atoms. The molecule has 0 atom stereocenters. The summed E-state index contributed by atoms with van der Waals surface area (Å²) in [5, 5.41) is 5.88. The Labute approximate surface area is 86.0 Å². The second-order valence-electron chi connectivity index (χ2n) is 3.72. The molecule has 2 N–H and O–H groups in total. The van der Waals surface area contributed by atoms with Gasteiger partial charge < -0.3 is 15.5 Å². The summed E-state index contributed by atoms with van der Waals surface area (Å²) in [6.45, 7) is 5.40. The van der Waals surface area contributed by atoms with E-state index in [0.29, 0.717) is 6.42 Å². The van der Waals surface area contributed by atoms with Crippen molar-refractivity contribution in [2.75, 3.05) is 39.8 Å². The molecule has 0 aromatic heterocycles. The minimum absolute atomic E-state index is 0.110. The topological polar surface area (TPSA) is 44.4 Å². The summed E-state index contributed by atoms with van der Waals surface area (Å²) >= 11 is 0. The molecule has 0 saturated carbocycles. The number of likely N-dealkylation sites (tertiary alicyclic amines) is 1. The lowest BCUT2D eigenvalue weighted by Gasteiger charge is -2.14. The Morgan fingerprint density at radius 3 is 2.64 bits per heavy atom. The Balaban J connectivity index is 1.86. The van der Waals surface area contributed by atoms with Gasteiger partial charge in [0.2, 0.25) is 5.91 Å². The van der Waals surface area contributed by atoms with Crippen molar-refractivity contribution in [1.82, 2.24) is 15.5 Å². The third kappa shape index (κ3) is 4.58. The number of nitrogens with zero attached hydrogens (tertiary/aromatic N) is 1. The van der Waals surface area contributed by atoms with Gasteiger partial charge in [0.05, 0.1) is 0 Å². The molecule has 4 heteroatoms. The molecule has 1 aliphatic rings. The van der Waals surface area contributed by atoms with E-state index >= 15 is 0 Å². The maximum atomic E-state index is 10.9. The first-order chi connectivity index (χ1) is 6.83. The first-order valence-electron chi connectivity index (χ1n) is 5.46. The van der Waals surface area contributed by atoms with E-state index in [1.54, 1.807) is 7.05 Å². The van der Waals surface area contributed by atoms with Gasteiger partial charge in [0, 0.05) is 33.1 Å². The summed E-state index contributed by atoms with van der Waals surface area (Å²) < 4.78 is 0. The van der Waals surface area contributed by atoms with Gasteiger partial charge in [0.1, 0.15) is 0 Å². The SMILES string of the molecule is CNC(=O)CCNCCN1CCCC1. The highest BCUT2D eigenvalue weighted by Gasteiger charge is 2.09. The third-order valence-electron chi connectivity index (χ3n) is 2.61. The Kier molecular flexibility index (Phi) is 5.56. The molecule has 82 valence electrons. The molecule has 0 unspecified atom stereocenters. The van der Waals surface area contributed by atoms with E-state index in [2.05, 4.69) is 15.5 Å². The van der Waals surface area contributed by atoms with Crippen LogP contribution in [0.2, 0.25) is 0 Å². The van der Waals surface area contributed by atoms with Gasteiger partial charge in [-0.15, -0.1) is 0 Å². The summed E-state index contributed by atoms with van der Waals surface area (Å²) in [6.07, 6.45) is 3.27. The van der Waals surface area contributed by atoms with E-state index in [4.69, 9.17) is 0 Å². The van der Waals surface area contributed by atoms with Crippen LogP contribution in [0.1, 0.15) is 19.3 Å². The Hall–Kier alpha value is -0.610. The van der Waals surface area contributed by atoms with Gasteiger partial charge >= 0.3 is 0 Å². The van der Waals surface area contributed by atoms with Crippen LogP contribution in [0.5, 0.6) is 0 Å². The molecule has 1 amide bonds. The number of amides is 1. The van der Waals surface area contributed by atoms with Crippen LogP contribution in [0.4, 0.5) is 0 Å². The van der Waals surface area contributed by atoms with Crippen LogP contribution in [-0.2, 0) is 4.79 Å². The van der Waals surface area contributed by atoms with Crippen LogP contribution in [0.15, 0.2) is 0 Å². The van der Waals surface area contributed by atoms with Crippen molar-refractivity contribution >= 4 is 5.91 Å². The van der Waals surface area contributed by atoms with Gasteiger partial charge in [0.15, 0.2) is 0 Å². The van der Waals surface area contributed by atoms with Crippen molar-refractivity contribution in [3.8, 4) is 0 Å². The van der Waals surface area contributed by atoms with Crippen molar-refractivity contribution in [1.29, 1.82) is 0 Å². The standard InChI is InChI=1S/C10H21N3O/c1-11-10(14)4-5-12-6-9-13-7-2-3-8-13/h12H,2-9H2,1H3,(H,11,14). The van der Waals surface area contributed by atoms with Gasteiger partial charge in [-0.3, -0.25) is 4.79 Å². The number of hydrogen-bond acceptors (Lipinski definition) is 3. The largest absolute Gasteiger partial charge is 0.359 e. The highest BCUT2D eigenvalue weighted by molar-refractivity contribution is 5.75. The Morgan fingerprint density at radius 1 is 1.29 bits per heavy atom. The number of rotatable bonds is 6. The highest BCUT2D eigenvalue weighted by Crippen LogP contribution is 2.05. The average Bonchev–Trinajstić information content (AvgIpc) is 2.69. The fraction of sp³-hybridized carbons (Fsp3) is 0.900. The lowest BCUT2D eigenvalue weighted by atomic mass is 10.4. The molecule has 0 radical (unpaired) electrons. The van der Waals surface area contributed by atoms with Gasteiger partial charge in [-0.2, -0.15) is 0 Å². The van der Waals surface area contributed by atoms with Crippen molar-refractivity contribution in [2.24, 2.45) is 0 Å². The third-order valence-corrected chi connectivity index (χ3v) is 2.61. The van der Waals surface area contributed by atoms with Crippen LogP contribution in [0.25, 0.3) is 0 Å². The summed E-state index contributed by atoms with van der Waals surface area (Å²) in [4.78, 5) is 13.3. The zero-order valence-corrected chi connectivity index (χ0v) is 9.01. The van der Waals surface area contributed by atoms with E-state index in [9.17, 15) is 4.79 Å². The van der Waals surface area contributed by atoms with Gasteiger partial charge in [-0.25, -0.2) is 0 Å². The maximum absolute atomic E-state index is 10.9. The molecule has 0 aromatic carbocycles. The number of hydrogen-bond donors (Lipinski definition) is 2. The molecule has 1 heterocycles. The Bertz CT molecular complexity index is 167. The minimum atomic E-state index is 0.110. The lowest BCUT2D eigenvalue weighted by molar-refractivity contribution is -0.120. The van der Waals surface area contributed by atoms with Crippen molar-refractivity contribution in [2.45, 2.75) is 19.3 Å². The van der Waals surface area contributed by atoms with Crippen LogP contribution in [0.3, 0.4) is 0 Å². The predicted molar refractivity (Wildman–Crippen MR) is 57.2 cm³/mol. The monoisotopic (exact) mass is 199 g/mol. The Morgan fingerprint density at radius 2 is 2.00 bits per heavy atom. The lowest BCUT2D eigenvalue weighted by Crippen LogP contribution is -2.32. The fourth-order valence-corrected chi connectivity index (χ4v) is 1.70. The molecule has 4 nitrogen and oxygen atoms in total. The van der Waals surface area contributed by atoms with Crippen molar-refractivity contribution in [3.63, 3.8) is 0 Å². The van der Waals surface area contributed by atoms with Crippen LogP contribution < -0.4 is 10.6 Å². The van der Waals surface area contributed by atoms with Crippen LogP contribution in [0, 0.1) is 0 Å². The summed E-state index contributed by atoms with van der Waals surface area (Å²) in [7, 11) is 1.67. The molecule has 1 rings (SSSR count). The van der Waals surface area contributed by atoms with Crippen molar-refractivity contribution in [3.05, 3.63) is 0 Å². The molecule has 0 aliphatic carbocycles. The molecule has 1 saturated heterocycles. The fourth-order valence-electron chi connectivity index (χ4n) is 1.70. The molecular formula is C10H21N3O. The average molecular weight is 199 g/mol. The zero-order chi connectivity index (χ0) is 10.2. The normalized spacial score (nSPS) is 17.2. The molecular weight excluding hydrogens is 178 g/mol. The van der Waals surface area contributed by atoms with E-state index in [1.807, 2.05) is 0 Å². The van der Waals surface area contributed by atoms with Crippen LogP contribution in [-0.4, -0.2) is 50.6 Å². The maximum Gasteiger partial charge on any atom is 0.221 e. The van der Waals surface area contributed by atoms with E-state index in [-0.39, 0.29) is 5.91 Å². The molecule has 0 aromatic rings. The van der Waals surface area contributed by atoms with Gasteiger partial charge in [0.25, 0.3) is 0 Å². The molecule has 1 aliphatic heterocycles. The predicted octanol–water partition coefficient (Wildman–Crippen LogP) is -0.192. The van der Waals surface area contributed by atoms with E-state index < -0.39 is 0 Å². The van der Waals surface area contributed by atoms with E-state index in [1.165, 1.54) is 25.9 Å². The van der Waals surface area contributed by atoms with Gasteiger partial charge in [-0.05, 0) is 25.9 Å². The minimum Gasteiger partial charge on any atom is -0.359 e. The molecule has 0 bridgehead atoms. The summed E-state index contributed by atoms with van der Waals surface area (Å²) in [6, 6.07) is 0. The first-order valence-corrected chi connectivity index (χ1v) is 5.46. The second kappa shape index (κ2) is 6.79. The number of nitrogens with one attached hydrogen (secondary N) is 2. The molecule has 1 fully saturated rings. The smallest absolute Gasteiger partial charge is 0.221 e. The van der Waals surface area contributed by atoms with E-state index in [0.717, 1.165) is 19.6 Å². The number of carbonyl (C=O) groups is 1. The summed E-state index contributed by atoms with van der Waals surface area (Å²) in [5.41, 5.74) is 0. The number of carbonyl (C=O) groups excluding carboxylic acids is 1. The van der Waals surface area contributed by atoms with Gasteiger partial charge in [-0.1, -0.05) is 0 Å². The summed E-state index contributed by atoms with van der Waals surface area (Å²) in [5.74, 6) is 0.110. The van der Waals surface area contributed by atoms with Crippen molar-refractivity contribution < 1.29 is 4.79 Å². The quantitative estimate of drug-likeness (QED) is 0.583. The highest BCUT2D eigenvalue weighted by atomic mass is 16.1. The second-order valence-corrected chi connectivity index (χ2v) is 3.72. The zero-order valence-electron chi connectivity index (χ0n) is 9.01. The first kappa shape index (κ1) is 11.5. The molecule has 14 heavy (non-hydrogen) atoms. The van der Waals surface area contributed by atoms with Crippen LogP contribution >= 0.6 is 0 Å².